The second-order valence-electron chi connectivity index (χ2n) is 4.87. The highest BCUT2D eigenvalue weighted by atomic mass is 16.1. The second-order valence-corrected chi connectivity index (χ2v) is 4.87. The Morgan fingerprint density at radius 3 is 2.50 bits per heavy atom. The summed E-state index contributed by atoms with van der Waals surface area (Å²) in [4.78, 5) is 22.8. The third-order valence-electron chi connectivity index (χ3n) is 3.77. The molecule has 1 aliphatic rings. The van der Waals surface area contributed by atoms with E-state index in [0.717, 1.165) is 19.3 Å². The third-order valence-corrected chi connectivity index (χ3v) is 3.77. The van der Waals surface area contributed by atoms with Gasteiger partial charge >= 0.3 is 0 Å². The number of Topliss-reactive ketones (excluding diaryl/α,β-unsaturated/α-hetero) is 1. The number of rotatable bonds is 6. The van der Waals surface area contributed by atoms with Crippen LogP contribution in [0.4, 0.5) is 0 Å². The summed E-state index contributed by atoms with van der Waals surface area (Å²) in [6, 6.07) is -0.243. The summed E-state index contributed by atoms with van der Waals surface area (Å²) in [5, 5.41) is 2.74. The van der Waals surface area contributed by atoms with Gasteiger partial charge in [0.05, 0.1) is 6.04 Å². The number of ketones is 1. The lowest BCUT2D eigenvalue weighted by molar-refractivity contribution is -0.128. The van der Waals surface area contributed by atoms with Gasteiger partial charge < -0.3 is 5.32 Å². The average molecular weight is 225 g/mol. The molecule has 1 saturated carbocycles. The van der Waals surface area contributed by atoms with Crippen molar-refractivity contribution >= 4 is 12.2 Å². The van der Waals surface area contributed by atoms with Crippen molar-refractivity contribution in [2.75, 3.05) is 0 Å². The molecule has 0 radical (unpaired) electrons. The van der Waals surface area contributed by atoms with Crippen molar-refractivity contribution < 1.29 is 9.59 Å². The van der Waals surface area contributed by atoms with E-state index in [4.69, 9.17) is 0 Å². The van der Waals surface area contributed by atoms with E-state index in [0.29, 0.717) is 12.3 Å². The summed E-state index contributed by atoms with van der Waals surface area (Å²) in [5.41, 5.74) is 0. The van der Waals surface area contributed by atoms with Crippen LogP contribution in [0.5, 0.6) is 0 Å². The van der Waals surface area contributed by atoms with Crippen LogP contribution in [0.2, 0.25) is 0 Å². The predicted molar refractivity (Wildman–Crippen MR) is 64.0 cm³/mol. The van der Waals surface area contributed by atoms with Gasteiger partial charge in [-0.25, -0.2) is 0 Å². The maximum absolute atomic E-state index is 12.1. The fraction of sp³-hybridized carbons (Fsp3) is 0.846. The molecule has 1 fully saturated rings. The molecule has 0 heterocycles. The summed E-state index contributed by atoms with van der Waals surface area (Å²) in [7, 11) is 0. The molecule has 0 aliphatic heterocycles. The Hall–Kier alpha value is -0.860. The van der Waals surface area contributed by atoms with E-state index in [2.05, 4.69) is 5.32 Å². The molecule has 2 atom stereocenters. The molecule has 1 amide bonds. The molecule has 0 aromatic rings. The van der Waals surface area contributed by atoms with Crippen LogP contribution in [0.15, 0.2) is 0 Å². The number of carbonyl (C=O) groups is 2. The molecular formula is C13H23NO2. The van der Waals surface area contributed by atoms with Crippen molar-refractivity contribution in [1.82, 2.24) is 5.32 Å². The van der Waals surface area contributed by atoms with Crippen LogP contribution in [0.1, 0.15) is 52.4 Å². The van der Waals surface area contributed by atoms with Gasteiger partial charge in [-0.15, -0.1) is 0 Å². The number of hydrogen-bond acceptors (Lipinski definition) is 2. The molecule has 0 aromatic heterocycles. The Morgan fingerprint density at radius 1 is 1.38 bits per heavy atom. The van der Waals surface area contributed by atoms with Crippen molar-refractivity contribution in [3.8, 4) is 0 Å². The number of amides is 1. The minimum absolute atomic E-state index is 0.0550. The molecule has 1 aliphatic carbocycles. The Morgan fingerprint density at radius 2 is 2.00 bits per heavy atom. The Balaban J connectivity index is 2.64. The van der Waals surface area contributed by atoms with Gasteiger partial charge in [0.25, 0.3) is 0 Å². The van der Waals surface area contributed by atoms with Crippen LogP contribution < -0.4 is 5.32 Å². The fourth-order valence-electron chi connectivity index (χ4n) is 2.50. The van der Waals surface area contributed by atoms with E-state index in [1.807, 2.05) is 13.8 Å². The van der Waals surface area contributed by atoms with Gasteiger partial charge in [0.2, 0.25) is 6.41 Å². The zero-order chi connectivity index (χ0) is 12.0. The number of carbonyl (C=O) groups excluding carboxylic acids is 2. The van der Waals surface area contributed by atoms with E-state index in [9.17, 15) is 9.59 Å². The predicted octanol–water partition coefficient (Wildman–Crippen LogP) is 2.30. The lowest BCUT2D eigenvalue weighted by Crippen LogP contribution is -2.45. The van der Waals surface area contributed by atoms with Gasteiger partial charge in [-0.05, 0) is 25.2 Å². The molecule has 0 spiro atoms. The topological polar surface area (TPSA) is 46.2 Å². The minimum Gasteiger partial charge on any atom is -0.349 e. The highest BCUT2D eigenvalue weighted by Gasteiger charge is 2.30. The van der Waals surface area contributed by atoms with E-state index in [1.54, 1.807) is 0 Å². The molecule has 0 bridgehead atoms. The molecule has 3 heteroatoms. The molecule has 1 rings (SSSR count). The van der Waals surface area contributed by atoms with Gasteiger partial charge in [0, 0.05) is 5.92 Å². The fourth-order valence-corrected chi connectivity index (χ4v) is 2.50. The van der Waals surface area contributed by atoms with Crippen molar-refractivity contribution in [3.63, 3.8) is 0 Å². The van der Waals surface area contributed by atoms with E-state index in [-0.39, 0.29) is 17.7 Å². The smallest absolute Gasteiger partial charge is 0.207 e. The van der Waals surface area contributed by atoms with Gasteiger partial charge in [-0.3, -0.25) is 9.59 Å². The highest BCUT2D eigenvalue weighted by molar-refractivity contribution is 5.87. The van der Waals surface area contributed by atoms with E-state index >= 15 is 0 Å². The first-order valence-electron chi connectivity index (χ1n) is 6.44. The van der Waals surface area contributed by atoms with Crippen LogP contribution in [0.3, 0.4) is 0 Å². The SMILES string of the molecule is CCC(C)C(=O)[C@H](NC=O)C1CCCCC1. The lowest BCUT2D eigenvalue weighted by Gasteiger charge is -2.30. The van der Waals surface area contributed by atoms with E-state index < -0.39 is 0 Å². The number of hydrogen-bond donors (Lipinski definition) is 1. The monoisotopic (exact) mass is 225 g/mol. The summed E-state index contributed by atoms with van der Waals surface area (Å²) in [6.45, 7) is 3.96. The maximum atomic E-state index is 12.1. The van der Waals surface area contributed by atoms with Crippen LogP contribution in [0.25, 0.3) is 0 Å². The largest absolute Gasteiger partial charge is 0.349 e. The molecule has 1 unspecified atom stereocenters. The molecule has 0 saturated heterocycles. The first-order chi connectivity index (χ1) is 7.70. The average Bonchev–Trinajstić information content (AvgIpc) is 2.35. The second kappa shape index (κ2) is 6.66. The number of nitrogens with one attached hydrogen (secondary N) is 1. The van der Waals surface area contributed by atoms with Crippen LogP contribution in [-0.2, 0) is 9.59 Å². The van der Waals surface area contributed by atoms with E-state index in [1.165, 1.54) is 19.3 Å². The van der Waals surface area contributed by atoms with Crippen molar-refractivity contribution in [1.29, 1.82) is 0 Å². The quantitative estimate of drug-likeness (QED) is 0.705. The maximum Gasteiger partial charge on any atom is 0.207 e. The highest BCUT2D eigenvalue weighted by Crippen LogP contribution is 2.28. The van der Waals surface area contributed by atoms with Gasteiger partial charge in [-0.1, -0.05) is 33.1 Å². The van der Waals surface area contributed by atoms with Crippen LogP contribution in [0, 0.1) is 11.8 Å². The van der Waals surface area contributed by atoms with Gasteiger partial charge in [0.15, 0.2) is 5.78 Å². The zero-order valence-electron chi connectivity index (χ0n) is 10.4. The first kappa shape index (κ1) is 13.2. The molecule has 16 heavy (non-hydrogen) atoms. The zero-order valence-corrected chi connectivity index (χ0v) is 10.4. The van der Waals surface area contributed by atoms with Crippen molar-refractivity contribution in [2.45, 2.75) is 58.4 Å². The molecule has 92 valence electrons. The normalized spacial score (nSPS) is 21.1. The minimum atomic E-state index is -0.243. The van der Waals surface area contributed by atoms with Crippen molar-refractivity contribution in [2.24, 2.45) is 11.8 Å². The molecular weight excluding hydrogens is 202 g/mol. The molecule has 0 aromatic carbocycles. The Labute approximate surface area is 98.0 Å². The summed E-state index contributed by atoms with van der Waals surface area (Å²) < 4.78 is 0. The molecule has 1 N–H and O–H groups in total. The van der Waals surface area contributed by atoms with Gasteiger partial charge in [-0.2, -0.15) is 0 Å². The van der Waals surface area contributed by atoms with Crippen molar-refractivity contribution in [3.05, 3.63) is 0 Å². The summed E-state index contributed by atoms with van der Waals surface area (Å²) in [5.74, 6) is 0.626. The Kier molecular flexibility index (Phi) is 5.50. The third kappa shape index (κ3) is 3.32. The molecule has 3 nitrogen and oxygen atoms in total. The van der Waals surface area contributed by atoms with Crippen LogP contribution in [-0.4, -0.2) is 18.2 Å². The van der Waals surface area contributed by atoms with Gasteiger partial charge in [0.1, 0.15) is 0 Å². The standard InChI is InChI=1S/C13H23NO2/c1-3-10(2)13(16)12(14-9-15)11-7-5-4-6-8-11/h9-12H,3-8H2,1-2H3,(H,14,15)/t10?,12-/m1/s1. The Bertz CT molecular complexity index is 234. The summed E-state index contributed by atoms with van der Waals surface area (Å²) in [6.07, 6.45) is 7.33. The summed E-state index contributed by atoms with van der Waals surface area (Å²) >= 11 is 0. The first-order valence-corrected chi connectivity index (χ1v) is 6.44. The lowest BCUT2D eigenvalue weighted by atomic mass is 9.79. The van der Waals surface area contributed by atoms with Crippen LogP contribution >= 0.6 is 0 Å².